The molecule has 0 spiro atoms. The number of halogens is 1. The van der Waals surface area contributed by atoms with E-state index >= 15 is 0 Å². The fourth-order valence-corrected chi connectivity index (χ4v) is 7.66. The van der Waals surface area contributed by atoms with Crippen LogP contribution in [0.4, 0.5) is 21.6 Å². The van der Waals surface area contributed by atoms with Crippen molar-refractivity contribution in [3.8, 4) is 5.69 Å². The van der Waals surface area contributed by atoms with Crippen molar-refractivity contribution in [2.45, 2.75) is 13.1 Å². The van der Waals surface area contributed by atoms with Crippen molar-refractivity contribution in [2.24, 2.45) is 0 Å². The summed E-state index contributed by atoms with van der Waals surface area (Å²) < 4.78 is 16.1. The van der Waals surface area contributed by atoms with E-state index in [1.165, 1.54) is 12.1 Å². The molecule has 212 valence electrons. The molecule has 0 saturated heterocycles. The molecule has 0 aliphatic heterocycles. The summed E-state index contributed by atoms with van der Waals surface area (Å²) in [7, 11) is -2.14. The molecule has 0 fully saturated rings. The van der Waals surface area contributed by atoms with E-state index in [9.17, 15) is 4.39 Å². The van der Waals surface area contributed by atoms with Crippen LogP contribution in [0.5, 0.6) is 0 Å². The SMILES string of the molecule is C[Si](C)(c1[c-]c2c3[c-]c(N(c4ccccc4)c4ccccn4)ccc3n(-c3ccc(F)cc3)c2cc1)c1ccccn1.[Pt+2]. The number of aromatic nitrogens is 3. The molecule has 0 bridgehead atoms. The van der Waals surface area contributed by atoms with E-state index in [0.29, 0.717) is 0 Å². The fraction of sp³-hybridized carbons (Fsp3) is 0.0556. The van der Waals surface area contributed by atoms with Gasteiger partial charge in [0, 0.05) is 29.1 Å². The smallest absolute Gasteiger partial charge is 0.409 e. The number of pyridine rings is 2. The topological polar surface area (TPSA) is 34.0 Å². The molecule has 3 aromatic heterocycles. The third kappa shape index (κ3) is 5.22. The Bertz CT molecular complexity index is 1970. The van der Waals surface area contributed by atoms with Crippen LogP contribution in [0.15, 0.2) is 128 Å². The van der Waals surface area contributed by atoms with E-state index in [0.717, 1.165) is 55.2 Å². The van der Waals surface area contributed by atoms with Crippen molar-refractivity contribution in [1.82, 2.24) is 14.5 Å². The Kier molecular flexibility index (Phi) is 7.82. The van der Waals surface area contributed by atoms with Gasteiger partial charge < -0.3 is 9.47 Å². The summed E-state index contributed by atoms with van der Waals surface area (Å²) in [6, 6.07) is 44.9. The first-order valence-electron chi connectivity index (χ1n) is 13.9. The van der Waals surface area contributed by atoms with Gasteiger partial charge in [-0.2, -0.15) is 17.5 Å². The third-order valence-electron chi connectivity index (χ3n) is 7.76. The van der Waals surface area contributed by atoms with Crippen LogP contribution < -0.4 is 15.4 Å². The molecule has 7 heteroatoms. The van der Waals surface area contributed by atoms with Crippen LogP contribution in [-0.2, 0) is 21.1 Å². The Balaban J connectivity index is 0.00000329. The molecule has 43 heavy (non-hydrogen) atoms. The van der Waals surface area contributed by atoms with Crippen molar-refractivity contribution < 1.29 is 25.5 Å². The molecule has 0 radical (unpaired) electrons. The molecular formula is C36H27FN4PtSi. The van der Waals surface area contributed by atoms with Gasteiger partial charge in [-0.1, -0.05) is 54.5 Å². The number of rotatable bonds is 6. The predicted molar refractivity (Wildman–Crippen MR) is 172 cm³/mol. The Labute approximate surface area is 265 Å². The first-order chi connectivity index (χ1) is 20.5. The first kappa shape index (κ1) is 28.7. The van der Waals surface area contributed by atoms with Crippen LogP contribution >= 0.6 is 0 Å². The van der Waals surface area contributed by atoms with Gasteiger partial charge in [0.15, 0.2) is 0 Å². The largest absolute Gasteiger partial charge is 2.00 e. The summed E-state index contributed by atoms with van der Waals surface area (Å²) in [6.45, 7) is 4.61. The molecule has 0 aliphatic carbocycles. The normalized spacial score (nSPS) is 11.4. The van der Waals surface area contributed by atoms with Crippen LogP contribution in [0.2, 0.25) is 13.1 Å². The molecule has 3 heterocycles. The number of hydrogen-bond donors (Lipinski definition) is 0. The maximum Gasteiger partial charge on any atom is 2.00 e. The number of benzene rings is 4. The van der Waals surface area contributed by atoms with Gasteiger partial charge in [-0.25, -0.2) is 14.8 Å². The predicted octanol–water partition coefficient (Wildman–Crippen LogP) is 7.60. The van der Waals surface area contributed by atoms with Gasteiger partial charge in [-0.05, 0) is 66.4 Å². The van der Waals surface area contributed by atoms with E-state index in [2.05, 4.69) is 82.1 Å². The Hall–Kier alpha value is -4.38. The second-order valence-electron chi connectivity index (χ2n) is 10.7. The second kappa shape index (κ2) is 11.7. The molecule has 4 aromatic carbocycles. The molecule has 0 N–H and O–H groups in total. The van der Waals surface area contributed by atoms with Crippen molar-refractivity contribution in [1.29, 1.82) is 0 Å². The Morgan fingerprint density at radius 2 is 1.33 bits per heavy atom. The van der Waals surface area contributed by atoms with Crippen molar-refractivity contribution in [2.75, 3.05) is 4.90 Å². The van der Waals surface area contributed by atoms with E-state index < -0.39 is 8.07 Å². The molecule has 7 rings (SSSR count). The summed E-state index contributed by atoms with van der Waals surface area (Å²) in [4.78, 5) is 11.5. The van der Waals surface area contributed by atoms with Crippen LogP contribution in [0.25, 0.3) is 27.5 Å². The van der Waals surface area contributed by atoms with Crippen molar-refractivity contribution in [3.63, 3.8) is 0 Å². The minimum atomic E-state index is -2.14. The van der Waals surface area contributed by atoms with Gasteiger partial charge in [0.25, 0.3) is 0 Å². The number of fused-ring (bicyclic) bond motifs is 3. The van der Waals surface area contributed by atoms with Gasteiger partial charge in [0.05, 0.1) is 0 Å². The van der Waals surface area contributed by atoms with Crippen LogP contribution in [0.3, 0.4) is 0 Å². The molecular weight excluding hydrogens is 731 g/mol. The zero-order valence-corrected chi connectivity index (χ0v) is 26.9. The molecule has 0 unspecified atom stereocenters. The number of hydrogen-bond acceptors (Lipinski definition) is 3. The average Bonchev–Trinajstić information content (AvgIpc) is 3.36. The molecule has 0 atom stereocenters. The summed E-state index contributed by atoms with van der Waals surface area (Å²) in [6.07, 6.45) is 3.66. The molecule has 0 saturated carbocycles. The van der Waals surface area contributed by atoms with Gasteiger partial charge in [0.1, 0.15) is 19.7 Å². The number of nitrogens with zero attached hydrogens (tertiary/aromatic N) is 4. The maximum absolute atomic E-state index is 13.9. The number of anilines is 3. The van der Waals surface area contributed by atoms with Gasteiger partial charge in [0.2, 0.25) is 0 Å². The quantitative estimate of drug-likeness (QED) is 0.130. The zero-order chi connectivity index (χ0) is 28.7. The molecule has 0 aliphatic rings. The van der Waals surface area contributed by atoms with Crippen LogP contribution in [0.1, 0.15) is 0 Å². The fourth-order valence-electron chi connectivity index (χ4n) is 5.54. The van der Waals surface area contributed by atoms with Crippen LogP contribution in [-0.4, -0.2) is 22.6 Å². The second-order valence-corrected chi connectivity index (χ2v) is 15.0. The van der Waals surface area contributed by atoms with Crippen molar-refractivity contribution >= 4 is 57.6 Å². The van der Waals surface area contributed by atoms with E-state index in [1.54, 1.807) is 6.20 Å². The minimum Gasteiger partial charge on any atom is -0.409 e. The standard InChI is InChI=1S/C36H27FN4Si.Pt/c1-42(2,36-13-7-9-23-39-36)30-19-21-34-32(25-30)31-24-29(18-20-33(31)41(34)28-16-14-26(37)15-17-28)40(27-10-4-3-5-11-27)35-12-6-8-22-38-35;/h3-23H,1-2H3;/q-2;+2. The van der Waals surface area contributed by atoms with E-state index in [1.807, 2.05) is 66.9 Å². The van der Waals surface area contributed by atoms with E-state index in [4.69, 9.17) is 4.98 Å². The Morgan fingerprint density at radius 3 is 2.00 bits per heavy atom. The summed E-state index contributed by atoms with van der Waals surface area (Å²) in [5, 5.41) is 4.18. The summed E-state index contributed by atoms with van der Waals surface area (Å²) >= 11 is 0. The van der Waals surface area contributed by atoms with Crippen LogP contribution in [0, 0.1) is 17.9 Å². The number of para-hydroxylation sites is 1. The third-order valence-corrected chi connectivity index (χ3v) is 11.0. The first-order valence-corrected chi connectivity index (χ1v) is 16.9. The van der Waals surface area contributed by atoms with Gasteiger partial charge in [-0.15, -0.1) is 29.5 Å². The molecule has 4 nitrogen and oxygen atoms in total. The van der Waals surface area contributed by atoms with Gasteiger partial charge in [-0.3, -0.25) is 4.98 Å². The Morgan fingerprint density at radius 1 is 0.674 bits per heavy atom. The maximum atomic E-state index is 13.9. The van der Waals surface area contributed by atoms with E-state index in [-0.39, 0.29) is 26.9 Å². The summed E-state index contributed by atoms with van der Waals surface area (Å²) in [5.74, 6) is 0.536. The zero-order valence-electron chi connectivity index (χ0n) is 23.6. The molecule has 7 aromatic rings. The monoisotopic (exact) mass is 757 g/mol. The van der Waals surface area contributed by atoms with Gasteiger partial charge >= 0.3 is 21.1 Å². The van der Waals surface area contributed by atoms with Crippen molar-refractivity contribution in [3.05, 3.63) is 146 Å². The molecule has 0 amide bonds. The minimum absolute atomic E-state index is 0. The average molecular weight is 758 g/mol. The summed E-state index contributed by atoms with van der Waals surface area (Å²) in [5.41, 5.74) is 4.70.